The molecule has 100 valence electrons. The molecule has 2 aromatic rings. The number of piperidine rings is 1. The minimum atomic E-state index is 0.745. The van der Waals surface area contributed by atoms with Crippen LogP contribution in [-0.2, 0) is 0 Å². The lowest BCUT2D eigenvalue weighted by molar-refractivity contribution is 0.181. The van der Waals surface area contributed by atoms with Crippen LogP contribution in [0.25, 0.3) is 10.1 Å². The first kappa shape index (κ1) is 11.7. The molecule has 0 spiro atoms. The summed E-state index contributed by atoms with van der Waals surface area (Å²) in [7, 11) is 0. The molecule has 2 saturated heterocycles. The lowest BCUT2D eigenvalue weighted by atomic mass is 9.85. The molecule has 2 N–H and O–H groups in total. The number of hydrogen-bond donors (Lipinski definition) is 1. The van der Waals surface area contributed by atoms with Gasteiger partial charge in [-0.1, -0.05) is 0 Å². The van der Waals surface area contributed by atoms with Crippen molar-refractivity contribution in [3.05, 3.63) is 29.1 Å². The summed E-state index contributed by atoms with van der Waals surface area (Å²) in [5, 5.41) is 3.78. The van der Waals surface area contributed by atoms with Crippen LogP contribution in [0, 0.1) is 0 Å². The van der Waals surface area contributed by atoms with Crippen LogP contribution in [0.3, 0.4) is 0 Å². The maximum absolute atomic E-state index is 5.96. The maximum Gasteiger partial charge on any atom is 0.0347 e. The molecule has 2 aliphatic heterocycles. The van der Waals surface area contributed by atoms with Crippen molar-refractivity contribution in [2.24, 2.45) is 0 Å². The highest BCUT2D eigenvalue weighted by molar-refractivity contribution is 7.17. The lowest BCUT2D eigenvalue weighted by Gasteiger charge is -2.34. The molecule has 2 atom stereocenters. The van der Waals surface area contributed by atoms with Crippen LogP contribution in [-0.4, -0.2) is 24.0 Å². The fourth-order valence-corrected chi connectivity index (χ4v) is 4.91. The molecule has 2 unspecified atom stereocenters. The van der Waals surface area contributed by atoms with Crippen molar-refractivity contribution >= 4 is 27.1 Å². The Labute approximate surface area is 118 Å². The van der Waals surface area contributed by atoms with Gasteiger partial charge in [-0.05, 0) is 79.2 Å². The Balaban J connectivity index is 1.68. The molecular weight excluding hydrogens is 252 g/mol. The summed E-state index contributed by atoms with van der Waals surface area (Å²) in [4.78, 5) is 2.69. The molecule has 2 nitrogen and oxygen atoms in total. The zero-order chi connectivity index (χ0) is 12.8. The van der Waals surface area contributed by atoms with E-state index in [1.807, 2.05) is 17.4 Å². The first-order chi connectivity index (χ1) is 9.31. The Hall–Kier alpha value is -1.06. The van der Waals surface area contributed by atoms with E-state index in [4.69, 9.17) is 5.73 Å². The van der Waals surface area contributed by atoms with Gasteiger partial charge < -0.3 is 10.6 Å². The first-order valence-electron chi connectivity index (χ1n) is 7.32. The van der Waals surface area contributed by atoms with Crippen molar-refractivity contribution < 1.29 is 0 Å². The zero-order valence-electron chi connectivity index (χ0n) is 11.1. The third kappa shape index (κ3) is 1.96. The molecule has 2 aliphatic rings. The predicted octanol–water partition coefficient (Wildman–Crippen LogP) is 3.83. The minimum Gasteiger partial charge on any atom is -0.399 e. The van der Waals surface area contributed by atoms with Crippen LogP contribution in [0.2, 0.25) is 0 Å². The average Bonchev–Trinajstić information content (AvgIpc) is 3.03. The standard InChI is InChI=1S/C16H20N2S/c17-12-3-4-16-14(9-12)15(10-19-16)11-5-7-18-6-1-2-13(18)8-11/h3-4,9-11,13H,1-2,5-8,17H2. The van der Waals surface area contributed by atoms with Crippen LogP contribution in [0.15, 0.2) is 23.6 Å². The molecule has 0 aliphatic carbocycles. The van der Waals surface area contributed by atoms with Crippen molar-refractivity contribution in [1.29, 1.82) is 0 Å². The Morgan fingerprint density at radius 1 is 1.21 bits per heavy atom. The predicted molar refractivity (Wildman–Crippen MR) is 82.8 cm³/mol. The molecule has 2 fully saturated rings. The summed E-state index contributed by atoms with van der Waals surface area (Å²) < 4.78 is 1.39. The number of nitrogen functional groups attached to an aromatic ring is 1. The smallest absolute Gasteiger partial charge is 0.0347 e. The lowest BCUT2D eigenvalue weighted by Crippen LogP contribution is -2.37. The van der Waals surface area contributed by atoms with E-state index in [1.165, 1.54) is 48.9 Å². The van der Waals surface area contributed by atoms with Crippen LogP contribution >= 0.6 is 11.3 Å². The second-order valence-corrected chi connectivity index (χ2v) is 6.91. The summed E-state index contributed by atoms with van der Waals surface area (Å²) in [5.41, 5.74) is 8.41. The van der Waals surface area contributed by atoms with Crippen LogP contribution in [0.4, 0.5) is 5.69 Å². The van der Waals surface area contributed by atoms with Crippen LogP contribution < -0.4 is 5.73 Å². The topological polar surface area (TPSA) is 29.3 Å². The van der Waals surface area contributed by atoms with Gasteiger partial charge in [0, 0.05) is 16.4 Å². The molecule has 1 aromatic heterocycles. The van der Waals surface area contributed by atoms with Crippen molar-refractivity contribution in [3.8, 4) is 0 Å². The second kappa shape index (κ2) is 4.50. The van der Waals surface area contributed by atoms with Gasteiger partial charge in [-0.25, -0.2) is 0 Å². The summed E-state index contributed by atoms with van der Waals surface area (Å²) in [6, 6.07) is 7.20. The monoisotopic (exact) mass is 272 g/mol. The number of hydrogen-bond acceptors (Lipinski definition) is 3. The highest BCUT2D eigenvalue weighted by Gasteiger charge is 2.32. The molecule has 0 amide bonds. The quantitative estimate of drug-likeness (QED) is 0.800. The van der Waals surface area contributed by atoms with Crippen LogP contribution in [0.5, 0.6) is 0 Å². The van der Waals surface area contributed by atoms with Gasteiger partial charge in [0.05, 0.1) is 0 Å². The van der Waals surface area contributed by atoms with E-state index < -0.39 is 0 Å². The van der Waals surface area contributed by atoms with Gasteiger partial charge in [0.2, 0.25) is 0 Å². The summed E-state index contributed by atoms with van der Waals surface area (Å²) >= 11 is 1.87. The normalized spacial score (nSPS) is 27.8. The summed E-state index contributed by atoms with van der Waals surface area (Å²) in [6.07, 6.45) is 5.47. The van der Waals surface area contributed by atoms with E-state index in [-0.39, 0.29) is 0 Å². The van der Waals surface area contributed by atoms with Gasteiger partial charge in [0.15, 0.2) is 0 Å². The summed E-state index contributed by atoms with van der Waals surface area (Å²) in [6.45, 7) is 2.61. The van der Waals surface area contributed by atoms with E-state index in [1.54, 1.807) is 5.56 Å². The largest absolute Gasteiger partial charge is 0.399 e. The number of nitrogens with two attached hydrogens (primary N) is 1. The molecule has 4 rings (SSSR count). The van der Waals surface area contributed by atoms with Gasteiger partial charge in [-0.2, -0.15) is 0 Å². The fraction of sp³-hybridized carbons (Fsp3) is 0.500. The maximum atomic E-state index is 5.96. The van der Waals surface area contributed by atoms with Crippen molar-refractivity contribution in [2.75, 3.05) is 18.8 Å². The highest BCUT2D eigenvalue weighted by Crippen LogP contribution is 2.41. The van der Waals surface area contributed by atoms with E-state index in [0.29, 0.717) is 0 Å². The molecule has 0 saturated carbocycles. The summed E-state index contributed by atoms with van der Waals surface area (Å²) in [5.74, 6) is 0.745. The molecule has 3 heteroatoms. The van der Waals surface area contributed by atoms with Crippen LogP contribution in [0.1, 0.15) is 37.2 Å². The number of thiophene rings is 1. The molecule has 0 bridgehead atoms. The average molecular weight is 272 g/mol. The molecule has 1 aromatic carbocycles. The van der Waals surface area contributed by atoms with E-state index in [2.05, 4.69) is 22.4 Å². The Bertz CT molecular complexity index is 604. The van der Waals surface area contributed by atoms with Gasteiger partial charge in [-0.3, -0.25) is 0 Å². The Morgan fingerprint density at radius 3 is 3.11 bits per heavy atom. The number of benzene rings is 1. The molecule has 0 radical (unpaired) electrons. The molecule has 3 heterocycles. The van der Waals surface area contributed by atoms with E-state index in [9.17, 15) is 0 Å². The highest BCUT2D eigenvalue weighted by atomic mass is 32.1. The Kier molecular flexibility index (Phi) is 2.78. The van der Waals surface area contributed by atoms with Gasteiger partial charge in [0.25, 0.3) is 0 Å². The van der Waals surface area contributed by atoms with Gasteiger partial charge >= 0.3 is 0 Å². The minimum absolute atomic E-state index is 0.745. The Morgan fingerprint density at radius 2 is 2.16 bits per heavy atom. The number of rotatable bonds is 1. The first-order valence-corrected chi connectivity index (χ1v) is 8.20. The van der Waals surface area contributed by atoms with Crippen molar-refractivity contribution in [1.82, 2.24) is 4.90 Å². The number of nitrogens with zero attached hydrogens (tertiary/aromatic N) is 1. The van der Waals surface area contributed by atoms with Crippen molar-refractivity contribution in [3.63, 3.8) is 0 Å². The third-order valence-corrected chi connectivity index (χ3v) is 5.87. The fourth-order valence-electron chi connectivity index (χ4n) is 3.89. The SMILES string of the molecule is Nc1ccc2scc(C3CCN4CCCC4C3)c2c1. The zero-order valence-corrected chi connectivity index (χ0v) is 12.0. The second-order valence-electron chi connectivity index (χ2n) is 6.00. The number of fused-ring (bicyclic) bond motifs is 2. The number of anilines is 1. The van der Waals surface area contributed by atoms with Gasteiger partial charge in [-0.15, -0.1) is 11.3 Å². The van der Waals surface area contributed by atoms with Crippen molar-refractivity contribution in [2.45, 2.75) is 37.6 Å². The third-order valence-electron chi connectivity index (χ3n) is 4.89. The molecular formula is C16H20N2S. The molecule has 19 heavy (non-hydrogen) atoms. The van der Waals surface area contributed by atoms with E-state index >= 15 is 0 Å². The van der Waals surface area contributed by atoms with E-state index in [0.717, 1.165) is 17.6 Å². The van der Waals surface area contributed by atoms with Gasteiger partial charge in [0.1, 0.15) is 0 Å².